The SMILES string of the molecule is CCN(Cc1ccccc1)C(=O)c1ccc(C(=O)Nc2cccc(C)c2C)cc1. The van der Waals surface area contributed by atoms with Crippen LogP contribution in [0.1, 0.15) is 44.3 Å². The zero-order valence-electron chi connectivity index (χ0n) is 17.1. The number of anilines is 1. The Labute approximate surface area is 172 Å². The van der Waals surface area contributed by atoms with Crippen LogP contribution in [0.5, 0.6) is 0 Å². The van der Waals surface area contributed by atoms with Crippen molar-refractivity contribution in [1.29, 1.82) is 0 Å². The van der Waals surface area contributed by atoms with Crippen molar-refractivity contribution in [2.75, 3.05) is 11.9 Å². The van der Waals surface area contributed by atoms with Gasteiger partial charge in [-0.3, -0.25) is 9.59 Å². The molecular weight excluding hydrogens is 360 g/mol. The topological polar surface area (TPSA) is 49.4 Å². The summed E-state index contributed by atoms with van der Waals surface area (Å²) in [7, 11) is 0. The summed E-state index contributed by atoms with van der Waals surface area (Å²) >= 11 is 0. The van der Waals surface area contributed by atoms with E-state index in [1.54, 1.807) is 29.2 Å². The van der Waals surface area contributed by atoms with E-state index in [-0.39, 0.29) is 11.8 Å². The predicted molar refractivity (Wildman–Crippen MR) is 117 cm³/mol. The number of nitrogens with one attached hydrogen (secondary N) is 1. The van der Waals surface area contributed by atoms with Crippen molar-refractivity contribution in [3.8, 4) is 0 Å². The van der Waals surface area contributed by atoms with Crippen molar-refractivity contribution in [1.82, 2.24) is 4.90 Å². The molecule has 29 heavy (non-hydrogen) atoms. The van der Waals surface area contributed by atoms with Crippen LogP contribution in [0.4, 0.5) is 5.69 Å². The Bertz CT molecular complexity index is 995. The molecule has 148 valence electrons. The third-order valence-electron chi connectivity index (χ3n) is 5.13. The van der Waals surface area contributed by atoms with Gasteiger partial charge in [-0.05, 0) is 67.8 Å². The molecule has 3 aromatic rings. The van der Waals surface area contributed by atoms with Crippen LogP contribution in [-0.2, 0) is 6.54 Å². The molecule has 0 saturated heterocycles. The van der Waals surface area contributed by atoms with E-state index in [2.05, 4.69) is 5.32 Å². The number of benzene rings is 3. The van der Waals surface area contributed by atoms with Gasteiger partial charge in [0, 0.05) is 29.9 Å². The fourth-order valence-corrected chi connectivity index (χ4v) is 3.16. The van der Waals surface area contributed by atoms with Gasteiger partial charge in [-0.1, -0.05) is 42.5 Å². The number of amides is 2. The molecule has 3 aromatic carbocycles. The van der Waals surface area contributed by atoms with Crippen LogP contribution in [0.2, 0.25) is 0 Å². The highest BCUT2D eigenvalue weighted by molar-refractivity contribution is 6.05. The lowest BCUT2D eigenvalue weighted by Gasteiger charge is -2.21. The van der Waals surface area contributed by atoms with Crippen LogP contribution < -0.4 is 5.32 Å². The molecule has 0 aliphatic heterocycles. The van der Waals surface area contributed by atoms with Crippen molar-refractivity contribution >= 4 is 17.5 Å². The number of hydrogen-bond donors (Lipinski definition) is 1. The standard InChI is InChI=1S/C25H26N2O2/c1-4-27(17-20-10-6-5-7-11-20)25(29)22-15-13-21(14-16-22)24(28)26-23-12-8-9-18(2)19(23)3/h5-16H,4,17H2,1-3H3,(H,26,28). The second-order valence-corrected chi connectivity index (χ2v) is 7.08. The lowest BCUT2D eigenvalue weighted by atomic mass is 10.1. The van der Waals surface area contributed by atoms with Crippen LogP contribution in [0.25, 0.3) is 0 Å². The molecule has 0 spiro atoms. The van der Waals surface area contributed by atoms with Crippen LogP contribution in [0, 0.1) is 13.8 Å². The van der Waals surface area contributed by atoms with Gasteiger partial charge in [0.2, 0.25) is 0 Å². The first-order valence-corrected chi connectivity index (χ1v) is 9.80. The van der Waals surface area contributed by atoms with E-state index in [1.165, 1.54) is 0 Å². The van der Waals surface area contributed by atoms with Gasteiger partial charge in [-0.15, -0.1) is 0 Å². The molecule has 0 aromatic heterocycles. The van der Waals surface area contributed by atoms with E-state index in [1.807, 2.05) is 69.3 Å². The first-order chi connectivity index (χ1) is 14.0. The second kappa shape index (κ2) is 9.20. The van der Waals surface area contributed by atoms with Crippen molar-refractivity contribution in [2.24, 2.45) is 0 Å². The summed E-state index contributed by atoms with van der Waals surface area (Å²) in [6, 6.07) is 22.6. The molecule has 4 nitrogen and oxygen atoms in total. The molecule has 0 saturated carbocycles. The molecule has 0 fully saturated rings. The average Bonchev–Trinajstić information content (AvgIpc) is 2.75. The van der Waals surface area contributed by atoms with Gasteiger partial charge in [0.25, 0.3) is 11.8 Å². The Morgan fingerprint density at radius 2 is 1.48 bits per heavy atom. The Morgan fingerprint density at radius 3 is 2.14 bits per heavy atom. The fourth-order valence-electron chi connectivity index (χ4n) is 3.16. The molecule has 0 heterocycles. The number of aryl methyl sites for hydroxylation is 1. The lowest BCUT2D eigenvalue weighted by molar-refractivity contribution is 0.0752. The molecular formula is C25H26N2O2. The highest BCUT2D eigenvalue weighted by Crippen LogP contribution is 2.19. The Hall–Kier alpha value is -3.40. The maximum absolute atomic E-state index is 12.9. The summed E-state index contributed by atoms with van der Waals surface area (Å²) < 4.78 is 0. The maximum atomic E-state index is 12.9. The van der Waals surface area contributed by atoms with Gasteiger partial charge < -0.3 is 10.2 Å². The summed E-state index contributed by atoms with van der Waals surface area (Å²) in [5.74, 6) is -0.229. The number of hydrogen-bond acceptors (Lipinski definition) is 2. The van der Waals surface area contributed by atoms with Gasteiger partial charge in [-0.25, -0.2) is 0 Å². The van der Waals surface area contributed by atoms with Gasteiger partial charge in [0.1, 0.15) is 0 Å². The van der Waals surface area contributed by atoms with Crippen LogP contribution in [0.15, 0.2) is 72.8 Å². The molecule has 0 aliphatic carbocycles. The Balaban J connectivity index is 1.70. The summed E-state index contributed by atoms with van der Waals surface area (Å²) in [5, 5.41) is 2.95. The van der Waals surface area contributed by atoms with E-state index in [0.29, 0.717) is 24.2 Å². The quantitative estimate of drug-likeness (QED) is 0.631. The highest BCUT2D eigenvalue weighted by Gasteiger charge is 2.16. The predicted octanol–water partition coefficient (Wildman–Crippen LogP) is 5.22. The average molecular weight is 386 g/mol. The summed E-state index contributed by atoms with van der Waals surface area (Å²) in [6.45, 7) is 7.14. The van der Waals surface area contributed by atoms with Crippen molar-refractivity contribution in [3.05, 3.63) is 101 Å². The van der Waals surface area contributed by atoms with Gasteiger partial charge in [-0.2, -0.15) is 0 Å². The number of rotatable bonds is 6. The normalized spacial score (nSPS) is 10.4. The van der Waals surface area contributed by atoms with Crippen LogP contribution >= 0.6 is 0 Å². The third-order valence-corrected chi connectivity index (χ3v) is 5.13. The molecule has 0 atom stereocenters. The smallest absolute Gasteiger partial charge is 0.255 e. The van der Waals surface area contributed by atoms with Crippen molar-refractivity contribution < 1.29 is 9.59 Å². The van der Waals surface area contributed by atoms with E-state index in [0.717, 1.165) is 22.4 Å². The molecule has 1 N–H and O–H groups in total. The fraction of sp³-hybridized carbons (Fsp3) is 0.200. The molecule has 4 heteroatoms. The molecule has 0 radical (unpaired) electrons. The Kier molecular flexibility index (Phi) is 6.45. The Morgan fingerprint density at radius 1 is 0.828 bits per heavy atom. The van der Waals surface area contributed by atoms with E-state index >= 15 is 0 Å². The van der Waals surface area contributed by atoms with E-state index in [4.69, 9.17) is 0 Å². The number of carbonyl (C=O) groups excluding carboxylic acids is 2. The number of nitrogens with zero attached hydrogens (tertiary/aromatic N) is 1. The van der Waals surface area contributed by atoms with Crippen molar-refractivity contribution in [2.45, 2.75) is 27.3 Å². The minimum absolute atomic E-state index is 0.0437. The minimum atomic E-state index is -0.186. The van der Waals surface area contributed by atoms with Crippen LogP contribution in [0.3, 0.4) is 0 Å². The summed E-state index contributed by atoms with van der Waals surface area (Å²) in [4.78, 5) is 27.2. The van der Waals surface area contributed by atoms with E-state index < -0.39 is 0 Å². The van der Waals surface area contributed by atoms with Crippen LogP contribution in [-0.4, -0.2) is 23.3 Å². The largest absolute Gasteiger partial charge is 0.335 e. The maximum Gasteiger partial charge on any atom is 0.255 e. The zero-order chi connectivity index (χ0) is 20.8. The summed E-state index contributed by atoms with van der Waals surface area (Å²) in [6.07, 6.45) is 0. The van der Waals surface area contributed by atoms with E-state index in [9.17, 15) is 9.59 Å². The molecule has 0 bridgehead atoms. The van der Waals surface area contributed by atoms with Gasteiger partial charge in [0.05, 0.1) is 0 Å². The van der Waals surface area contributed by atoms with Gasteiger partial charge in [0.15, 0.2) is 0 Å². The zero-order valence-corrected chi connectivity index (χ0v) is 17.1. The minimum Gasteiger partial charge on any atom is -0.335 e. The second-order valence-electron chi connectivity index (χ2n) is 7.08. The van der Waals surface area contributed by atoms with Gasteiger partial charge >= 0.3 is 0 Å². The summed E-state index contributed by atoms with van der Waals surface area (Å²) in [5.41, 5.74) is 5.16. The molecule has 2 amide bonds. The molecule has 0 unspecified atom stereocenters. The lowest BCUT2D eigenvalue weighted by Crippen LogP contribution is -2.30. The van der Waals surface area contributed by atoms with Crippen molar-refractivity contribution in [3.63, 3.8) is 0 Å². The number of carbonyl (C=O) groups is 2. The monoisotopic (exact) mass is 386 g/mol. The first kappa shape index (κ1) is 20.3. The molecule has 0 aliphatic rings. The highest BCUT2D eigenvalue weighted by atomic mass is 16.2. The first-order valence-electron chi connectivity index (χ1n) is 9.80. The molecule has 3 rings (SSSR count). The third kappa shape index (κ3) is 4.91.